The first-order valence-electron chi connectivity index (χ1n) is 7.26. The van der Waals surface area contributed by atoms with E-state index >= 15 is 0 Å². The molecule has 0 aromatic carbocycles. The number of carboxylic acids is 1. The summed E-state index contributed by atoms with van der Waals surface area (Å²) >= 11 is 1.75. The number of carbonyl (C=O) groups excluding carboxylic acids is 1. The van der Waals surface area contributed by atoms with E-state index in [-0.39, 0.29) is 17.9 Å². The summed E-state index contributed by atoms with van der Waals surface area (Å²) in [5.74, 6) is -1.75. The van der Waals surface area contributed by atoms with Gasteiger partial charge in [0.2, 0.25) is 5.91 Å². The van der Waals surface area contributed by atoms with E-state index in [9.17, 15) is 14.7 Å². The molecule has 0 aliphatic heterocycles. The van der Waals surface area contributed by atoms with E-state index in [1.165, 1.54) is 10.4 Å². The van der Waals surface area contributed by atoms with Crippen molar-refractivity contribution in [1.82, 2.24) is 5.32 Å². The van der Waals surface area contributed by atoms with Crippen molar-refractivity contribution < 1.29 is 14.7 Å². The lowest BCUT2D eigenvalue weighted by Gasteiger charge is -2.26. The molecule has 4 nitrogen and oxygen atoms in total. The largest absolute Gasteiger partial charge is 0.481 e. The second kappa shape index (κ2) is 5.56. The quantitative estimate of drug-likeness (QED) is 0.900. The summed E-state index contributed by atoms with van der Waals surface area (Å²) in [5.41, 5.74) is 1.24. The molecule has 3 unspecified atom stereocenters. The van der Waals surface area contributed by atoms with Gasteiger partial charge >= 0.3 is 5.97 Å². The third-order valence-corrected chi connectivity index (χ3v) is 5.53. The first kappa shape index (κ1) is 13.6. The van der Waals surface area contributed by atoms with Gasteiger partial charge in [0.15, 0.2) is 0 Å². The third-order valence-electron chi connectivity index (χ3n) is 4.54. The molecule has 20 heavy (non-hydrogen) atoms. The van der Waals surface area contributed by atoms with Crippen LogP contribution in [-0.4, -0.2) is 17.0 Å². The minimum Gasteiger partial charge on any atom is -0.481 e. The first-order chi connectivity index (χ1) is 9.66. The zero-order valence-corrected chi connectivity index (χ0v) is 12.1. The number of fused-ring (bicyclic) bond motifs is 1. The topological polar surface area (TPSA) is 66.4 Å². The Morgan fingerprint density at radius 2 is 2.00 bits per heavy atom. The fourth-order valence-corrected chi connectivity index (χ4v) is 4.47. The molecule has 3 rings (SSSR count). The molecule has 1 amide bonds. The molecular weight excluding hydrogens is 274 g/mol. The van der Waals surface area contributed by atoms with Crippen molar-refractivity contribution in [2.75, 3.05) is 0 Å². The first-order valence-corrected chi connectivity index (χ1v) is 8.14. The lowest BCUT2D eigenvalue weighted by molar-refractivity contribution is -0.146. The van der Waals surface area contributed by atoms with Crippen LogP contribution < -0.4 is 5.32 Å². The van der Waals surface area contributed by atoms with Gasteiger partial charge in [-0.25, -0.2) is 0 Å². The van der Waals surface area contributed by atoms with Crippen molar-refractivity contribution in [3.8, 4) is 0 Å². The van der Waals surface area contributed by atoms with Crippen LogP contribution in [0, 0.1) is 11.8 Å². The molecule has 0 saturated heterocycles. The molecular formula is C15H19NO3S. The van der Waals surface area contributed by atoms with Gasteiger partial charge in [-0.2, -0.15) is 0 Å². The third kappa shape index (κ3) is 2.46. The van der Waals surface area contributed by atoms with Crippen molar-refractivity contribution in [3.63, 3.8) is 0 Å². The minimum atomic E-state index is -0.831. The summed E-state index contributed by atoms with van der Waals surface area (Å²) in [7, 11) is 0. The van der Waals surface area contributed by atoms with Crippen LogP contribution in [0.25, 0.3) is 0 Å². The maximum atomic E-state index is 12.4. The average Bonchev–Trinajstić information content (AvgIpc) is 3.08. The highest BCUT2D eigenvalue weighted by Gasteiger charge is 2.38. The molecule has 1 aromatic rings. The Hall–Kier alpha value is -1.36. The van der Waals surface area contributed by atoms with Crippen LogP contribution in [-0.2, 0) is 16.0 Å². The zero-order valence-electron chi connectivity index (χ0n) is 11.3. The number of carboxylic acid groups (broad SMARTS) is 1. The molecule has 1 fully saturated rings. The van der Waals surface area contributed by atoms with Crippen LogP contribution in [0.3, 0.4) is 0 Å². The van der Waals surface area contributed by atoms with Crippen LogP contribution >= 0.6 is 11.3 Å². The number of hydrogen-bond acceptors (Lipinski definition) is 3. The highest BCUT2D eigenvalue weighted by atomic mass is 32.1. The predicted molar refractivity (Wildman–Crippen MR) is 76.6 cm³/mol. The fraction of sp³-hybridized carbons (Fsp3) is 0.600. The Kier molecular flexibility index (Phi) is 3.78. The Balaban J connectivity index is 1.70. The van der Waals surface area contributed by atoms with Gasteiger partial charge in [-0.15, -0.1) is 11.3 Å². The summed E-state index contributed by atoms with van der Waals surface area (Å²) in [6, 6.07) is 2.17. The van der Waals surface area contributed by atoms with Gasteiger partial charge < -0.3 is 10.4 Å². The molecule has 0 radical (unpaired) electrons. The molecule has 1 aromatic heterocycles. The Morgan fingerprint density at radius 1 is 1.20 bits per heavy atom. The molecule has 2 aliphatic carbocycles. The standard InChI is InChI=1S/C15H19NO3S/c17-14(9-3-1-4-10(9)15(18)19)16-12-5-2-6-13-11(12)7-8-20-13/h7-10,12H,1-6H2,(H,16,17)(H,18,19). The van der Waals surface area contributed by atoms with Crippen molar-refractivity contribution in [2.45, 2.75) is 44.6 Å². The summed E-state index contributed by atoms with van der Waals surface area (Å²) in [6.45, 7) is 0. The van der Waals surface area contributed by atoms with Crippen LogP contribution in [0.1, 0.15) is 48.6 Å². The van der Waals surface area contributed by atoms with Gasteiger partial charge in [-0.1, -0.05) is 6.42 Å². The second-order valence-electron chi connectivity index (χ2n) is 5.73. The molecule has 0 bridgehead atoms. The number of hydrogen-bond donors (Lipinski definition) is 2. The van der Waals surface area contributed by atoms with Gasteiger partial charge in [-0.05, 0) is 49.1 Å². The van der Waals surface area contributed by atoms with Gasteiger partial charge in [-0.3, -0.25) is 9.59 Å². The Morgan fingerprint density at radius 3 is 2.80 bits per heavy atom. The van der Waals surface area contributed by atoms with E-state index in [0.717, 1.165) is 25.7 Å². The van der Waals surface area contributed by atoms with E-state index in [2.05, 4.69) is 16.8 Å². The monoisotopic (exact) mass is 293 g/mol. The highest BCUT2D eigenvalue weighted by Crippen LogP contribution is 2.36. The molecule has 1 saturated carbocycles. The van der Waals surface area contributed by atoms with Crippen LogP contribution in [0.5, 0.6) is 0 Å². The minimum absolute atomic E-state index is 0.0704. The predicted octanol–water partition coefficient (Wildman–Crippen LogP) is 2.74. The number of aryl methyl sites for hydroxylation is 1. The van der Waals surface area contributed by atoms with Gasteiger partial charge in [0.25, 0.3) is 0 Å². The highest BCUT2D eigenvalue weighted by molar-refractivity contribution is 7.10. The molecule has 2 aliphatic rings. The van der Waals surface area contributed by atoms with Gasteiger partial charge in [0.05, 0.1) is 17.9 Å². The maximum Gasteiger partial charge on any atom is 0.307 e. The van der Waals surface area contributed by atoms with Gasteiger partial charge in [0.1, 0.15) is 0 Å². The second-order valence-corrected chi connectivity index (χ2v) is 6.74. The summed E-state index contributed by atoms with van der Waals surface area (Å²) < 4.78 is 0. The maximum absolute atomic E-state index is 12.4. The van der Waals surface area contributed by atoms with Crippen molar-refractivity contribution >= 4 is 23.2 Å². The van der Waals surface area contributed by atoms with Crippen molar-refractivity contribution in [2.24, 2.45) is 11.8 Å². The molecule has 3 atom stereocenters. The summed E-state index contributed by atoms with van der Waals surface area (Å²) in [4.78, 5) is 24.9. The van der Waals surface area contributed by atoms with E-state index < -0.39 is 11.9 Å². The number of carbonyl (C=O) groups is 2. The molecule has 108 valence electrons. The number of amides is 1. The molecule has 2 N–H and O–H groups in total. The normalized spacial score (nSPS) is 28.9. The SMILES string of the molecule is O=C(O)C1CCCC1C(=O)NC1CCCc2sccc21. The smallest absolute Gasteiger partial charge is 0.307 e. The van der Waals surface area contributed by atoms with E-state index in [4.69, 9.17) is 0 Å². The lowest BCUT2D eigenvalue weighted by atomic mass is 9.91. The van der Waals surface area contributed by atoms with E-state index in [1.807, 2.05) is 0 Å². The molecule has 0 spiro atoms. The number of aliphatic carboxylic acids is 1. The van der Waals surface area contributed by atoms with Crippen molar-refractivity contribution in [1.29, 1.82) is 0 Å². The van der Waals surface area contributed by atoms with E-state index in [0.29, 0.717) is 12.8 Å². The summed E-state index contributed by atoms with van der Waals surface area (Å²) in [6.07, 6.45) is 5.31. The van der Waals surface area contributed by atoms with Crippen LogP contribution in [0.15, 0.2) is 11.4 Å². The number of rotatable bonds is 3. The molecule has 5 heteroatoms. The molecule has 1 heterocycles. The Labute approximate surface area is 122 Å². The average molecular weight is 293 g/mol. The number of thiophene rings is 1. The van der Waals surface area contributed by atoms with Crippen LogP contribution in [0.4, 0.5) is 0 Å². The number of nitrogens with one attached hydrogen (secondary N) is 1. The van der Waals surface area contributed by atoms with Gasteiger partial charge in [0, 0.05) is 4.88 Å². The fourth-order valence-electron chi connectivity index (χ4n) is 3.48. The summed E-state index contributed by atoms with van der Waals surface area (Å²) in [5, 5.41) is 14.4. The zero-order chi connectivity index (χ0) is 14.1. The lowest BCUT2D eigenvalue weighted by Crippen LogP contribution is -2.38. The Bertz CT molecular complexity index is 525. The van der Waals surface area contributed by atoms with Crippen LogP contribution in [0.2, 0.25) is 0 Å². The van der Waals surface area contributed by atoms with E-state index in [1.54, 1.807) is 11.3 Å². The van der Waals surface area contributed by atoms with Crippen molar-refractivity contribution in [3.05, 3.63) is 21.9 Å².